The summed E-state index contributed by atoms with van der Waals surface area (Å²) in [4.78, 5) is 12.0. The molecule has 0 bridgehead atoms. The maximum absolute atomic E-state index is 12.0. The Morgan fingerprint density at radius 2 is 2.28 bits per heavy atom. The second-order valence-electron chi connectivity index (χ2n) is 3.84. The molecule has 0 spiro atoms. The molecule has 0 saturated heterocycles. The normalized spacial score (nSPS) is 14.1. The summed E-state index contributed by atoms with van der Waals surface area (Å²) in [5, 5.41) is 12.6. The molecule has 0 aliphatic carbocycles. The molecular weight excluding hydrogens is 338 g/mol. The van der Waals surface area contributed by atoms with Crippen molar-refractivity contribution < 1.29 is 9.90 Å². The summed E-state index contributed by atoms with van der Waals surface area (Å²) in [6.07, 6.45) is 1.90. The fourth-order valence-corrected chi connectivity index (χ4v) is 2.98. The van der Waals surface area contributed by atoms with Crippen molar-refractivity contribution in [3.8, 4) is 0 Å². The summed E-state index contributed by atoms with van der Waals surface area (Å²) in [7, 11) is 0. The van der Waals surface area contributed by atoms with Crippen LogP contribution in [0.4, 0.5) is 0 Å². The fraction of sp³-hybridized carbons (Fsp3) is 0.417. The Morgan fingerprint density at radius 3 is 2.78 bits per heavy atom. The molecule has 1 aromatic carbocycles. The van der Waals surface area contributed by atoms with Gasteiger partial charge in [0.1, 0.15) is 0 Å². The van der Waals surface area contributed by atoms with E-state index >= 15 is 0 Å². The highest BCUT2D eigenvalue weighted by atomic mass is 79.9. The van der Waals surface area contributed by atoms with Crippen molar-refractivity contribution in [3.05, 3.63) is 33.3 Å². The number of carbonyl (C=O) groups is 1. The van der Waals surface area contributed by atoms with E-state index in [0.29, 0.717) is 15.1 Å². The largest absolute Gasteiger partial charge is 0.395 e. The molecule has 0 heterocycles. The van der Waals surface area contributed by atoms with Gasteiger partial charge in [-0.05, 0) is 47.3 Å². The van der Waals surface area contributed by atoms with Gasteiger partial charge in [0.15, 0.2) is 0 Å². The Hall–Kier alpha value is -0.230. The smallest absolute Gasteiger partial charge is 0.252 e. The molecule has 0 aliphatic rings. The minimum atomic E-state index is -0.182. The van der Waals surface area contributed by atoms with Crippen molar-refractivity contribution in [2.24, 2.45) is 0 Å². The van der Waals surface area contributed by atoms with Gasteiger partial charge in [-0.15, -0.1) is 0 Å². The molecule has 18 heavy (non-hydrogen) atoms. The zero-order valence-electron chi connectivity index (χ0n) is 10.1. The second-order valence-corrected chi connectivity index (χ2v) is 6.21. The van der Waals surface area contributed by atoms with Crippen LogP contribution in [0.2, 0.25) is 5.02 Å². The van der Waals surface area contributed by atoms with Crippen LogP contribution >= 0.6 is 39.3 Å². The number of halogens is 2. The van der Waals surface area contributed by atoms with Crippen molar-refractivity contribution in [2.45, 2.75) is 18.2 Å². The molecule has 0 fully saturated rings. The molecule has 2 N–H and O–H groups in total. The zero-order chi connectivity index (χ0) is 13.7. The minimum absolute atomic E-state index is 0.0139. The van der Waals surface area contributed by atoms with Gasteiger partial charge in [0.25, 0.3) is 5.91 Å². The summed E-state index contributed by atoms with van der Waals surface area (Å²) in [5.74, 6) is -0.182. The predicted octanol–water partition coefficient (Wildman–Crippen LogP) is 2.94. The van der Waals surface area contributed by atoms with E-state index in [1.165, 1.54) is 11.8 Å². The lowest BCUT2D eigenvalue weighted by molar-refractivity contribution is 0.0935. The lowest BCUT2D eigenvalue weighted by atomic mass is 10.2. The zero-order valence-corrected chi connectivity index (χ0v) is 13.3. The van der Waals surface area contributed by atoms with Crippen LogP contribution in [0.3, 0.4) is 0 Å². The first-order valence-corrected chi connectivity index (χ1v) is 7.85. The Kier molecular flexibility index (Phi) is 6.49. The van der Waals surface area contributed by atoms with Gasteiger partial charge >= 0.3 is 0 Å². The van der Waals surface area contributed by atoms with Crippen LogP contribution in [-0.2, 0) is 0 Å². The predicted molar refractivity (Wildman–Crippen MR) is 80.5 cm³/mol. The lowest BCUT2D eigenvalue weighted by Gasteiger charge is -2.21. The Bertz CT molecular complexity index is 427. The molecule has 2 atom stereocenters. The number of aliphatic hydroxyl groups is 1. The van der Waals surface area contributed by atoms with Crippen LogP contribution < -0.4 is 5.32 Å². The first-order valence-electron chi connectivity index (χ1n) is 5.39. The maximum Gasteiger partial charge on any atom is 0.252 e. The van der Waals surface area contributed by atoms with Gasteiger partial charge in [0, 0.05) is 20.8 Å². The summed E-state index contributed by atoms with van der Waals surface area (Å²) < 4.78 is 0.657. The van der Waals surface area contributed by atoms with Crippen molar-refractivity contribution in [2.75, 3.05) is 12.9 Å². The molecule has 0 aromatic heterocycles. The number of aliphatic hydroxyl groups excluding tert-OH is 1. The topological polar surface area (TPSA) is 49.3 Å². The number of amides is 1. The summed E-state index contributed by atoms with van der Waals surface area (Å²) in [6.45, 7) is 1.91. The SMILES string of the molecule is CSC(CO)C(C)NC(=O)c1ccc(Cl)cc1Br. The van der Waals surface area contributed by atoms with Crippen LogP contribution in [0, 0.1) is 0 Å². The second kappa shape index (κ2) is 7.38. The fourth-order valence-electron chi connectivity index (χ4n) is 1.49. The summed E-state index contributed by atoms with van der Waals surface area (Å²) in [5.41, 5.74) is 0.532. The molecule has 0 radical (unpaired) electrons. The van der Waals surface area contributed by atoms with Crippen LogP contribution in [0.1, 0.15) is 17.3 Å². The van der Waals surface area contributed by atoms with E-state index in [-0.39, 0.29) is 23.8 Å². The molecule has 3 nitrogen and oxygen atoms in total. The Morgan fingerprint density at radius 1 is 1.61 bits per heavy atom. The Labute approximate surface area is 124 Å². The highest BCUT2D eigenvalue weighted by Gasteiger charge is 2.19. The minimum Gasteiger partial charge on any atom is -0.395 e. The first-order chi connectivity index (χ1) is 8.49. The van der Waals surface area contributed by atoms with Gasteiger partial charge in [-0.1, -0.05) is 11.6 Å². The molecule has 100 valence electrons. The van der Waals surface area contributed by atoms with Gasteiger partial charge in [0.05, 0.1) is 12.2 Å². The summed E-state index contributed by atoms with van der Waals surface area (Å²) in [6, 6.07) is 4.91. The van der Waals surface area contributed by atoms with E-state index in [9.17, 15) is 9.90 Å². The number of thioether (sulfide) groups is 1. The van der Waals surface area contributed by atoms with E-state index in [1.54, 1.807) is 18.2 Å². The standard InChI is InChI=1S/C12H15BrClNO2S/c1-7(11(6-16)18-2)15-12(17)9-4-3-8(14)5-10(9)13/h3-5,7,11,16H,6H2,1-2H3,(H,15,17). The number of rotatable bonds is 5. The van der Waals surface area contributed by atoms with Crippen molar-refractivity contribution in [1.82, 2.24) is 5.32 Å². The van der Waals surface area contributed by atoms with Gasteiger partial charge in [-0.25, -0.2) is 0 Å². The van der Waals surface area contributed by atoms with E-state index < -0.39 is 0 Å². The number of hydrogen-bond acceptors (Lipinski definition) is 3. The average Bonchev–Trinajstić information content (AvgIpc) is 2.30. The van der Waals surface area contributed by atoms with E-state index in [1.807, 2.05) is 13.2 Å². The van der Waals surface area contributed by atoms with Crippen LogP contribution in [0.5, 0.6) is 0 Å². The number of hydrogen-bond donors (Lipinski definition) is 2. The van der Waals surface area contributed by atoms with Crippen molar-refractivity contribution >= 4 is 45.2 Å². The van der Waals surface area contributed by atoms with Crippen molar-refractivity contribution in [1.29, 1.82) is 0 Å². The summed E-state index contributed by atoms with van der Waals surface area (Å²) >= 11 is 10.7. The van der Waals surface area contributed by atoms with E-state index in [2.05, 4.69) is 21.2 Å². The first kappa shape index (κ1) is 15.8. The number of carbonyl (C=O) groups excluding carboxylic acids is 1. The molecule has 1 amide bonds. The third-order valence-electron chi connectivity index (χ3n) is 2.57. The average molecular weight is 353 g/mol. The van der Waals surface area contributed by atoms with Crippen LogP contribution in [-0.4, -0.2) is 35.2 Å². The third-order valence-corrected chi connectivity index (χ3v) is 4.63. The molecular formula is C12H15BrClNO2S. The lowest BCUT2D eigenvalue weighted by Crippen LogP contribution is -2.41. The number of nitrogens with one attached hydrogen (secondary N) is 1. The molecule has 1 rings (SSSR count). The molecule has 2 unspecified atom stereocenters. The highest BCUT2D eigenvalue weighted by Crippen LogP contribution is 2.22. The van der Waals surface area contributed by atoms with Gasteiger partial charge in [0.2, 0.25) is 0 Å². The Balaban J connectivity index is 2.76. The van der Waals surface area contributed by atoms with Gasteiger partial charge in [-0.2, -0.15) is 11.8 Å². The van der Waals surface area contributed by atoms with Gasteiger partial charge < -0.3 is 10.4 Å². The molecule has 0 saturated carbocycles. The van der Waals surface area contributed by atoms with Gasteiger partial charge in [-0.3, -0.25) is 4.79 Å². The van der Waals surface area contributed by atoms with E-state index in [4.69, 9.17) is 11.6 Å². The third kappa shape index (κ3) is 4.16. The molecule has 0 aliphatic heterocycles. The monoisotopic (exact) mass is 351 g/mol. The number of benzene rings is 1. The maximum atomic E-state index is 12.0. The van der Waals surface area contributed by atoms with E-state index in [0.717, 1.165) is 0 Å². The van der Waals surface area contributed by atoms with Crippen LogP contribution in [0.25, 0.3) is 0 Å². The highest BCUT2D eigenvalue weighted by molar-refractivity contribution is 9.10. The molecule has 6 heteroatoms. The van der Waals surface area contributed by atoms with Crippen molar-refractivity contribution in [3.63, 3.8) is 0 Å². The van der Waals surface area contributed by atoms with Crippen LogP contribution in [0.15, 0.2) is 22.7 Å². The molecule has 1 aromatic rings. The quantitative estimate of drug-likeness (QED) is 0.856.